The largest absolute Gasteiger partial charge is 0.362 e. The second-order valence-corrected chi connectivity index (χ2v) is 8.90. The van der Waals surface area contributed by atoms with Gasteiger partial charge in [0, 0.05) is 12.6 Å². The van der Waals surface area contributed by atoms with Crippen LogP contribution in [-0.4, -0.2) is 17.7 Å². The first-order valence-electron chi connectivity index (χ1n) is 9.05. The molecule has 4 aliphatic carbocycles. The van der Waals surface area contributed by atoms with E-state index in [1.807, 2.05) is 0 Å². The van der Waals surface area contributed by atoms with Crippen molar-refractivity contribution in [1.82, 2.24) is 10.6 Å². The molecule has 2 N–H and O–H groups in total. The quantitative estimate of drug-likeness (QED) is 0.748. The molecule has 0 spiro atoms. The predicted octanol–water partition coefficient (Wildman–Crippen LogP) is 4.10. The summed E-state index contributed by atoms with van der Waals surface area (Å²) in [5.74, 6) is 3.70. The summed E-state index contributed by atoms with van der Waals surface area (Å²) < 4.78 is 0. The maximum atomic E-state index is 5.55. The van der Waals surface area contributed by atoms with Crippen molar-refractivity contribution in [3.05, 3.63) is 0 Å². The molecular formula is C18H32N2S. The van der Waals surface area contributed by atoms with Crippen molar-refractivity contribution < 1.29 is 0 Å². The maximum Gasteiger partial charge on any atom is 0.166 e. The summed E-state index contributed by atoms with van der Waals surface area (Å²) in [6.07, 6.45) is 10.1. The molecular weight excluding hydrogens is 276 g/mol. The molecule has 0 heterocycles. The van der Waals surface area contributed by atoms with Crippen molar-refractivity contribution >= 4 is 17.3 Å². The van der Waals surface area contributed by atoms with Gasteiger partial charge in [-0.05, 0) is 86.3 Å². The lowest BCUT2D eigenvalue weighted by atomic mass is 9.47. The Morgan fingerprint density at radius 2 is 1.62 bits per heavy atom. The van der Waals surface area contributed by atoms with Crippen LogP contribution in [-0.2, 0) is 0 Å². The summed E-state index contributed by atoms with van der Waals surface area (Å²) in [6.45, 7) is 7.77. The Morgan fingerprint density at radius 1 is 1.10 bits per heavy atom. The first kappa shape index (κ1) is 15.6. The molecule has 4 saturated carbocycles. The van der Waals surface area contributed by atoms with Gasteiger partial charge in [-0.2, -0.15) is 0 Å². The predicted molar refractivity (Wildman–Crippen MR) is 93.3 cm³/mol. The van der Waals surface area contributed by atoms with Gasteiger partial charge >= 0.3 is 0 Å². The van der Waals surface area contributed by atoms with E-state index in [2.05, 4.69) is 31.4 Å². The van der Waals surface area contributed by atoms with E-state index < -0.39 is 0 Å². The van der Waals surface area contributed by atoms with Gasteiger partial charge in [-0.3, -0.25) is 0 Å². The standard InChI is InChI=1S/C18H32N2S/c1-4-16(20-17(21)19-11-12(2)3)18-8-13-5-14(9-18)7-15(6-13)10-18/h12-16H,4-11H2,1-3H3,(H2,19,20,21). The third-order valence-corrected chi connectivity index (χ3v) is 6.47. The Bertz CT molecular complexity index is 355. The summed E-state index contributed by atoms with van der Waals surface area (Å²) in [4.78, 5) is 0. The van der Waals surface area contributed by atoms with Crippen LogP contribution >= 0.6 is 12.2 Å². The molecule has 0 radical (unpaired) electrons. The van der Waals surface area contributed by atoms with Gasteiger partial charge in [-0.25, -0.2) is 0 Å². The van der Waals surface area contributed by atoms with E-state index in [9.17, 15) is 0 Å². The van der Waals surface area contributed by atoms with Crippen molar-refractivity contribution in [3.8, 4) is 0 Å². The van der Waals surface area contributed by atoms with Crippen LogP contribution in [0.2, 0.25) is 0 Å². The Hall–Kier alpha value is -0.310. The van der Waals surface area contributed by atoms with Gasteiger partial charge < -0.3 is 10.6 Å². The van der Waals surface area contributed by atoms with Crippen LogP contribution in [0.3, 0.4) is 0 Å². The molecule has 0 aromatic rings. The van der Waals surface area contributed by atoms with Gasteiger partial charge in [0.2, 0.25) is 0 Å². The lowest BCUT2D eigenvalue weighted by Crippen LogP contribution is -2.58. The number of rotatable bonds is 5. The van der Waals surface area contributed by atoms with Gasteiger partial charge in [0.1, 0.15) is 0 Å². The fraction of sp³-hybridized carbons (Fsp3) is 0.944. The topological polar surface area (TPSA) is 24.1 Å². The number of nitrogens with one attached hydrogen (secondary N) is 2. The van der Waals surface area contributed by atoms with Crippen LogP contribution in [0.15, 0.2) is 0 Å². The average molecular weight is 309 g/mol. The fourth-order valence-corrected chi connectivity index (χ4v) is 6.02. The summed E-state index contributed by atoms with van der Waals surface area (Å²) >= 11 is 5.55. The van der Waals surface area contributed by atoms with E-state index in [1.165, 1.54) is 44.9 Å². The Morgan fingerprint density at radius 3 is 2.05 bits per heavy atom. The molecule has 4 fully saturated rings. The Kier molecular flexibility index (Phi) is 4.50. The van der Waals surface area contributed by atoms with E-state index in [1.54, 1.807) is 0 Å². The highest BCUT2D eigenvalue weighted by molar-refractivity contribution is 7.80. The van der Waals surface area contributed by atoms with Crippen molar-refractivity contribution in [1.29, 1.82) is 0 Å². The zero-order valence-electron chi connectivity index (χ0n) is 14.0. The minimum atomic E-state index is 0.549. The van der Waals surface area contributed by atoms with Crippen LogP contribution in [0.4, 0.5) is 0 Å². The summed E-state index contributed by atoms with van der Waals surface area (Å²) in [5, 5.41) is 7.98. The molecule has 1 unspecified atom stereocenters. The van der Waals surface area contributed by atoms with E-state index in [0.29, 0.717) is 17.4 Å². The highest BCUT2D eigenvalue weighted by Gasteiger charge is 2.53. The zero-order chi connectivity index (χ0) is 15.0. The summed E-state index contributed by atoms with van der Waals surface area (Å²) in [5.41, 5.74) is 0.549. The number of hydrogen-bond donors (Lipinski definition) is 2. The molecule has 0 aromatic heterocycles. The lowest BCUT2D eigenvalue weighted by Gasteiger charge is -2.59. The monoisotopic (exact) mass is 308 g/mol. The van der Waals surface area contributed by atoms with Crippen LogP contribution < -0.4 is 10.6 Å². The normalized spacial score (nSPS) is 38.6. The third-order valence-electron chi connectivity index (χ3n) is 6.21. The lowest BCUT2D eigenvalue weighted by molar-refractivity contribution is -0.0711. The molecule has 4 rings (SSSR count). The van der Waals surface area contributed by atoms with Crippen LogP contribution in [0.5, 0.6) is 0 Å². The minimum Gasteiger partial charge on any atom is -0.362 e. The molecule has 3 heteroatoms. The molecule has 21 heavy (non-hydrogen) atoms. The third kappa shape index (κ3) is 3.23. The van der Waals surface area contributed by atoms with E-state index in [0.717, 1.165) is 29.4 Å². The summed E-state index contributed by atoms with van der Waals surface area (Å²) in [6, 6.07) is 0.582. The van der Waals surface area contributed by atoms with Gasteiger partial charge in [-0.1, -0.05) is 20.8 Å². The summed E-state index contributed by atoms with van der Waals surface area (Å²) in [7, 11) is 0. The smallest absolute Gasteiger partial charge is 0.166 e. The minimum absolute atomic E-state index is 0.549. The first-order chi connectivity index (χ1) is 10.0. The van der Waals surface area contributed by atoms with E-state index in [4.69, 9.17) is 12.2 Å². The molecule has 4 bridgehead atoms. The average Bonchev–Trinajstić information content (AvgIpc) is 2.40. The van der Waals surface area contributed by atoms with Crippen molar-refractivity contribution in [3.63, 3.8) is 0 Å². The molecule has 0 aromatic carbocycles. The number of hydrogen-bond acceptors (Lipinski definition) is 1. The maximum absolute atomic E-state index is 5.55. The molecule has 2 nitrogen and oxygen atoms in total. The highest BCUT2D eigenvalue weighted by Crippen LogP contribution is 2.61. The number of thiocarbonyl (C=S) groups is 1. The van der Waals surface area contributed by atoms with Crippen LogP contribution in [0.1, 0.15) is 65.7 Å². The fourth-order valence-electron chi connectivity index (χ4n) is 5.80. The molecule has 0 aliphatic heterocycles. The second kappa shape index (κ2) is 6.06. The first-order valence-corrected chi connectivity index (χ1v) is 9.46. The van der Waals surface area contributed by atoms with Crippen molar-refractivity contribution in [2.45, 2.75) is 71.8 Å². The Balaban J connectivity index is 1.64. The zero-order valence-corrected chi connectivity index (χ0v) is 14.8. The van der Waals surface area contributed by atoms with Gasteiger partial charge in [0.05, 0.1) is 0 Å². The van der Waals surface area contributed by atoms with Crippen molar-refractivity contribution in [2.24, 2.45) is 29.1 Å². The van der Waals surface area contributed by atoms with E-state index >= 15 is 0 Å². The van der Waals surface area contributed by atoms with Gasteiger partial charge in [0.25, 0.3) is 0 Å². The second-order valence-electron chi connectivity index (χ2n) is 8.49. The molecule has 1 atom stereocenters. The van der Waals surface area contributed by atoms with E-state index in [-0.39, 0.29) is 0 Å². The Labute approximate surface area is 135 Å². The molecule has 0 amide bonds. The molecule has 0 saturated heterocycles. The van der Waals surface area contributed by atoms with Crippen molar-refractivity contribution in [2.75, 3.05) is 6.54 Å². The van der Waals surface area contributed by atoms with Crippen LogP contribution in [0.25, 0.3) is 0 Å². The molecule has 120 valence electrons. The van der Waals surface area contributed by atoms with Crippen LogP contribution in [0, 0.1) is 29.1 Å². The highest BCUT2D eigenvalue weighted by atomic mass is 32.1. The SMILES string of the molecule is CCC(NC(=S)NCC(C)C)C12CC3CC(CC(C3)C1)C2. The molecule has 4 aliphatic rings. The van der Waals surface area contributed by atoms with Gasteiger partial charge in [-0.15, -0.1) is 0 Å². The van der Waals surface area contributed by atoms with Gasteiger partial charge in [0.15, 0.2) is 5.11 Å².